The number of pyridine rings is 1. The fraction of sp³-hybridized carbons (Fsp3) is 0.412. The summed E-state index contributed by atoms with van der Waals surface area (Å²) in [5.74, 6) is -0.950. The molecule has 1 aromatic rings. The average molecular weight is 331 g/mol. The number of nitrogens with zero attached hydrogens (tertiary/aromatic N) is 2. The predicted octanol–water partition coefficient (Wildman–Crippen LogP) is 2.03. The number of carbonyl (C=O) groups is 2. The molecule has 1 aliphatic rings. The van der Waals surface area contributed by atoms with Gasteiger partial charge in [-0.2, -0.15) is 0 Å². The minimum atomic E-state index is -1.16. The molecular formula is C17H21N3O4. The van der Waals surface area contributed by atoms with E-state index in [1.807, 2.05) is 26.8 Å². The third-order valence-corrected chi connectivity index (χ3v) is 4.06. The van der Waals surface area contributed by atoms with Gasteiger partial charge in [-0.15, -0.1) is 0 Å². The number of nitrogens with one attached hydrogen (secondary N) is 1. The molecule has 1 atom stereocenters. The van der Waals surface area contributed by atoms with Gasteiger partial charge in [0.1, 0.15) is 23.6 Å². The highest BCUT2D eigenvalue weighted by Crippen LogP contribution is 2.27. The van der Waals surface area contributed by atoms with Crippen molar-refractivity contribution in [2.75, 3.05) is 6.61 Å². The summed E-state index contributed by atoms with van der Waals surface area (Å²) in [5.41, 5.74) is -0.882. The molecule has 24 heavy (non-hydrogen) atoms. The first-order valence-corrected chi connectivity index (χ1v) is 7.68. The Bertz CT molecular complexity index is 725. The lowest BCUT2D eigenvalue weighted by Gasteiger charge is -2.21. The molecule has 128 valence electrons. The lowest BCUT2D eigenvalue weighted by Crippen LogP contribution is -2.41. The van der Waals surface area contributed by atoms with Gasteiger partial charge < -0.3 is 15.2 Å². The highest BCUT2D eigenvalue weighted by atomic mass is 16.5. The number of amides is 1. The van der Waals surface area contributed by atoms with Gasteiger partial charge in [0.05, 0.1) is 11.8 Å². The molecule has 0 aromatic carbocycles. The van der Waals surface area contributed by atoms with Crippen LogP contribution in [0, 0.1) is 5.92 Å². The Kier molecular flexibility index (Phi) is 5.02. The van der Waals surface area contributed by atoms with Crippen LogP contribution in [-0.2, 0) is 4.79 Å². The summed E-state index contributed by atoms with van der Waals surface area (Å²) >= 11 is 0. The van der Waals surface area contributed by atoms with E-state index in [9.17, 15) is 14.7 Å². The van der Waals surface area contributed by atoms with Crippen LogP contribution in [0.1, 0.15) is 43.7 Å². The van der Waals surface area contributed by atoms with Crippen molar-refractivity contribution in [3.63, 3.8) is 0 Å². The Hall–Kier alpha value is -2.70. The maximum Gasteiger partial charge on any atom is 0.338 e. The van der Waals surface area contributed by atoms with Crippen LogP contribution in [0.4, 0.5) is 0 Å². The lowest BCUT2D eigenvalue weighted by atomic mass is 9.89. The molecule has 2 heterocycles. The summed E-state index contributed by atoms with van der Waals surface area (Å²) in [7, 11) is 0. The standard InChI is InChI=1S/C17H21N3O4/c1-5-6-7-24-11-8-12(15(21)22)13(18-9-11)14-19-16(23)17(4,20-14)10(2)3/h5-6,8-10H,7H2,1-4H3,(H,21,22)(H,19,20,23). The van der Waals surface area contributed by atoms with Gasteiger partial charge in [-0.25, -0.2) is 14.8 Å². The number of hydrogen-bond donors (Lipinski definition) is 2. The van der Waals surface area contributed by atoms with Gasteiger partial charge in [0.25, 0.3) is 5.91 Å². The summed E-state index contributed by atoms with van der Waals surface area (Å²) in [6.45, 7) is 7.67. The Labute approximate surface area is 140 Å². The lowest BCUT2D eigenvalue weighted by molar-refractivity contribution is -0.124. The zero-order valence-electron chi connectivity index (χ0n) is 14.2. The third-order valence-electron chi connectivity index (χ3n) is 4.06. The number of amidine groups is 1. The maximum absolute atomic E-state index is 12.2. The van der Waals surface area contributed by atoms with Gasteiger partial charge in [-0.05, 0) is 25.8 Å². The van der Waals surface area contributed by atoms with Crippen molar-refractivity contribution in [3.8, 4) is 5.75 Å². The molecule has 0 radical (unpaired) electrons. The fourth-order valence-corrected chi connectivity index (χ4v) is 2.17. The summed E-state index contributed by atoms with van der Waals surface area (Å²) in [6, 6.07) is 1.38. The van der Waals surface area contributed by atoms with Crippen LogP contribution in [0.5, 0.6) is 5.75 Å². The number of aromatic carboxylic acids is 1. The Balaban J connectivity index is 2.40. The second-order valence-corrected chi connectivity index (χ2v) is 5.97. The van der Waals surface area contributed by atoms with Gasteiger partial charge in [0.15, 0.2) is 5.84 Å². The summed E-state index contributed by atoms with van der Waals surface area (Å²) in [4.78, 5) is 32.3. The largest absolute Gasteiger partial charge is 0.488 e. The zero-order chi connectivity index (χ0) is 17.9. The van der Waals surface area contributed by atoms with Gasteiger partial charge in [0, 0.05) is 0 Å². The first-order valence-electron chi connectivity index (χ1n) is 7.68. The van der Waals surface area contributed by atoms with Crippen molar-refractivity contribution in [2.45, 2.75) is 33.2 Å². The molecule has 1 amide bonds. The number of carboxylic acid groups (broad SMARTS) is 1. The Morgan fingerprint density at radius 1 is 1.50 bits per heavy atom. The van der Waals surface area contributed by atoms with Crippen molar-refractivity contribution in [3.05, 3.63) is 35.7 Å². The van der Waals surface area contributed by atoms with Crippen LogP contribution < -0.4 is 10.1 Å². The van der Waals surface area contributed by atoms with Gasteiger partial charge in [-0.1, -0.05) is 26.0 Å². The second-order valence-electron chi connectivity index (χ2n) is 5.97. The minimum Gasteiger partial charge on any atom is -0.488 e. The molecule has 0 spiro atoms. The van der Waals surface area contributed by atoms with Crippen molar-refractivity contribution in [1.29, 1.82) is 0 Å². The number of ether oxygens (including phenoxy) is 1. The summed E-state index contributed by atoms with van der Waals surface area (Å²) in [6.07, 6.45) is 5.05. The van der Waals surface area contributed by atoms with Gasteiger partial charge in [0.2, 0.25) is 0 Å². The van der Waals surface area contributed by atoms with E-state index in [1.54, 1.807) is 13.0 Å². The highest BCUT2D eigenvalue weighted by molar-refractivity contribution is 6.17. The van der Waals surface area contributed by atoms with E-state index in [-0.39, 0.29) is 28.9 Å². The molecular weight excluding hydrogens is 310 g/mol. The Morgan fingerprint density at radius 2 is 2.21 bits per heavy atom. The van der Waals surface area contributed by atoms with Gasteiger partial charge in [-0.3, -0.25) is 4.79 Å². The van der Waals surface area contributed by atoms with Crippen molar-refractivity contribution >= 4 is 17.7 Å². The van der Waals surface area contributed by atoms with Crippen molar-refractivity contribution in [1.82, 2.24) is 10.3 Å². The van der Waals surface area contributed by atoms with Crippen molar-refractivity contribution < 1.29 is 19.4 Å². The molecule has 2 N–H and O–H groups in total. The molecule has 7 nitrogen and oxygen atoms in total. The number of rotatable bonds is 6. The van der Waals surface area contributed by atoms with Crippen molar-refractivity contribution in [2.24, 2.45) is 10.9 Å². The summed E-state index contributed by atoms with van der Waals surface area (Å²) in [5, 5.41) is 12.1. The number of carboxylic acids is 1. The van der Waals surface area contributed by atoms with Crippen LogP contribution in [-0.4, -0.2) is 39.9 Å². The molecule has 1 unspecified atom stereocenters. The maximum atomic E-state index is 12.2. The molecule has 0 bridgehead atoms. The molecule has 2 rings (SSSR count). The molecule has 0 saturated carbocycles. The van der Waals surface area contributed by atoms with E-state index in [4.69, 9.17) is 4.74 Å². The highest BCUT2D eigenvalue weighted by Gasteiger charge is 2.43. The second kappa shape index (κ2) is 6.82. The number of carbonyl (C=O) groups excluding carboxylic acids is 1. The van der Waals surface area contributed by atoms with E-state index in [1.165, 1.54) is 12.3 Å². The number of allylic oxidation sites excluding steroid dienone is 1. The number of aromatic nitrogens is 1. The molecule has 0 aliphatic carbocycles. The third kappa shape index (κ3) is 3.29. The molecule has 0 saturated heterocycles. The van der Waals surface area contributed by atoms with Gasteiger partial charge >= 0.3 is 5.97 Å². The first-order chi connectivity index (χ1) is 11.3. The first kappa shape index (κ1) is 17.7. The van der Waals surface area contributed by atoms with E-state index in [0.717, 1.165) is 0 Å². The summed E-state index contributed by atoms with van der Waals surface area (Å²) < 4.78 is 5.42. The smallest absolute Gasteiger partial charge is 0.338 e. The Morgan fingerprint density at radius 3 is 2.75 bits per heavy atom. The molecule has 1 aliphatic heterocycles. The van der Waals surface area contributed by atoms with Crippen LogP contribution in [0.15, 0.2) is 29.4 Å². The SMILES string of the molecule is CC=CCOc1cnc(C2=NC(C)(C(C)C)C(=O)N2)c(C(=O)O)c1. The van der Waals surface area contributed by atoms with E-state index in [0.29, 0.717) is 12.4 Å². The molecule has 0 fully saturated rings. The van der Waals surface area contributed by atoms with E-state index < -0.39 is 11.5 Å². The monoisotopic (exact) mass is 331 g/mol. The quantitative estimate of drug-likeness (QED) is 0.777. The number of hydrogen-bond acceptors (Lipinski definition) is 5. The topological polar surface area (TPSA) is 101 Å². The van der Waals surface area contributed by atoms with Crippen LogP contribution in [0.3, 0.4) is 0 Å². The predicted molar refractivity (Wildman–Crippen MR) is 89.4 cm³/mol. The molecule has 1 aromatic heterocycles. The van der Waals surface area contributed by atoms with Crippen LogP contribution in [0.25, 0.3) is 0 Å². The van der Waals surface area contributed by atoms with E-state index in [2.05, 4.69) is 15.3 Å². The van der Waals surface area contributed by atoms with Crippen LogP contribution in [0.2, 0.25) is 0 Å². The normalized spacial score (nSPS) is 20.4. The van der Waals surface area contributed by atoms with E-state index >= 15 is 0 Å². The zero-order valence-corrected chi connectivity index (χ0v) is 14.2. The fourth-order valence-electron chi connectivity index (χ4n) is 2.17. The minimum absolute atomic E-state index is 0.0354. The molecule has 7 heteroatoms. The number of aliphatic imine (C=N–C) groups is 1. The average Bonchev–Trinajstić information content (AvgIpc) is 2.84. The van der Waals surface area contributed by atoms with Crippen LogP contribution >= 0.6 is 0 Å².